The number of hydrazine groups is 1. The van der Waals surface area contributed by atoms with Gasteiger partial charge >= 0.3 is 0 Å². The van der Waals surface area contributed by atoms with Crippen LogP contribution in [0.3, 0.4) is 0 Å². The molecule has 0 aromatic heterocycles. The fraction of sp³-hybridized carbons (Fsp3) is 0.345. The van der Waals surface area contributed by atoms with Crippen LogP contribution in [0.2, 0.25) is 0 Å². The SMILES string of the molecule is CCCOc1cccc(C2C3C(NNC3c3ccccc3O)C(=O)N2CCc2ccc(OC)cc2)c1. The smallest absolute Gasteiger partial charge is 0.242 e. The first-order chi connectivity index (χ1) is 17.6. The van der Waals surface area contributed by atoms with Crippen LogP contribution in [0.5, 0.6) is 17.2 Å². The third-order valence-corrected chi connectivity index (χ3v) is 7.16. The number of likely N-dealkylation sites (tertiary alicyclic amines) is 1. The van der Waals surface area contributed by atoms with Crippen LogP contribution in [-0.2, 0) is 11.2 Å². The lowest BCUT2D eigenvalue weighted by molar-refractivity contribution is -0.130. The quantitative estimate of drug-likeness (QED) is 0.421. The van der Waals surface area contributed by atoms with Gasteiger partial charge in [-0.25, -0.2) is 10.9 Å². The number of hydrogen-bond acceptors (Lipinski definition) is 6. The van der Waals surface area contributed by atoms with Gasteiger partial charge in [0.15, 0.2) is 0 Å². The van der Waals surface area contributed by atoms with E-state index in [1.54, 1.807) is 13.2 Å². The first-order valence-corrected chi connectivity index (χ1v) is 12.6. The zero-order valence-electron chi connectivity index (χ0n) is 20.7. The van der Waals surface area contributed by atoms with Crippen LogP contribution in [0.25, 0.3) is 0 Å². The Hall–Kier alpha value is -3.55. The number of aromatic hydroxyl groups is 1. The van der Waals surface area contributed by atoms with Gasteiger partial charge in [-0.2, -0.15) is 0 Å². The van der Waals surface area contributed by atoms with E-state index < -0.39 is 6.04 Å². The second kappa shape index (κ2) is 10.6. The van der Waals surface area contributed by atoms with Crippen molar-refractivity contribution in [1.82, 2.24) is 15.8 Å². The summed E-state index contributed by atoms with van der Waals surface area (Å²) in [6.07, 6.45) is 1.65. The van der Waals surface area contributed by atoms with Gasteiger partial charge in [-0.15, -0.1) is 0 Å². The number of hydrogen-bond donors (Lipinski definition) is 3. The number of para-hydroxylation sites is 1. The average Bonchev–Trinajstić information content (AvgIpc) is 3.45. The number of nitrogens with one attached hydrogen (secondary N) is 2. The largest absolute Gasteiger partial charge is 0.508 e. The molecule has 3 aromatic rings. The summed E-state index contributed by atoms with van der Waals surface area (Å²) in [7, 11) is 1.65. The number of benzene rings is 3. The Morgan fingerprint density at radius 3 is 2.47 bits per heavy atom. The molecule has 4 atom stereocenters. The first kappa shape index (κ1) is 24.2. The number of methoxy groups -OCH3 is 1. The molecule has 2 saturated heterocycles. The minimum atomic E-state index is -0.393. The van der Waals surface area contributed by atoms with Gasteiger partial charge in [0, 0.05) is 18.0 Å². The number of amides is 1. The molecule has 3 N–H and O–H groups in total. The Bertz CT molecular complexity index is 1200. The predicted octanol–water partition coefficient (Wildman–Crippen LogP) is 4.15. The molecule has 7 heteroatoms. The van der Waals surface area contributed by atoms with Gasteiger partial charge in [0.25, 0.3) is 0 Å². The van der Waals surface area contributed by atoms with Crippen molar-refractivity contribution in [3.63, 3.8) is 0 Å². The van der Waals surface area contributed by atoms with E-state index in [9.17, 15) is 9.90 Å². The van der Waals surface area contributed by atoms with Crippen molar-refractivity contribution in [1.29, 1.82) is 0 Å². The maximum atomic E-state index is 13.7. The van der Waals surface area contributed by atoms with Crippen LogP contribution in [0.15, 0.2) is 72.8 Å². The second-order valence-corrected chi connectivity index (χ2v) is 9.38. The molecular weight excluding hydrogens is 454 g/mol. The maximum Gasteiger partial charge on any atom is 0.242 e. The van der Waals surface area contributed by atoms with E-state index in [-0.39, 0.29) is 29.7 Å². The Morgan fingerprint density at radius 1 is 0.944 bits per heavy atom. The van der Waals surface area contributed by atoms with Crippen molar-refractivity contribution >= 4 is 5.91 Å². The molecule has 0 spiro atoms. The lowest BCUT2D eigenvalue weighted by Crippen LogP contribution is -2.42. The van der Waals surface area contributed by atoms with E-state index >= 15 is 0 Å². The van der Waals surface area contributed by atoms with Crippen molar-refractivity contribution in [3.8, 4) is 17.2 Å². The Balaban J connectivity index is 1.48. The summed E-state index contributed by atoms with van der Waals surface area (Å²) >= 11 is 0. The number of rotatable bonds is 9. The Labute approximate surface area is 212 Å². The molecule has 3 aromatic carbocycles. The van der Waals surface area contributed by atoms with Crippen LogP contribution < -0.4 is 20.3 Å². The summed E-state index contributed by atoms with van der Waals surface area (Å²) in [5, 5.41) is 10.6. The van der Waals surface area contributed by atoms with E-state index in [4.69, 9.17) is 9.47 Å². The maximum absolute atomic E-state index is 13.7. The van der Waals surface area contributed by atoms with Crippen molar-refractivity contribution in [2.75, 3.05) is 20.3 Å². The molecule has 0 aliphatic carbocycles. The minimum Gasteiger partial charge on any atom is -0.508 e. The van der Waals surface area contributed by atoms with Gasteiger partial charge < -0.3 is 19.5 Å². The molecule has 0 saturated carbocycles. The van der Waals surface area contributed by atoms with Crippen LogP contribution in [0, 0.1) is 5.92 Å². The molecule has 4 unspecified atom stereocenters. The van der Waals surface area contributed by atoms with Gasteiger partial charge in [0.2, 0.25) is 5.91 Å². The molecule has 188 valence electrons. The van der Waals surface area contributed by atoms with Gasteiger partial charge in [-0.3, -0.25) is 4.79 Å². The van der Waals surface area contributed by atoms with Gasteiger partial charge in [-0.1, -0.05) is 49.4 Å². The number of carbonyl (C=O) groups excluding carboxylic acids is 1. The number of phenolic OH excluding ortho intramolecular Hbond substituents is 1. The highest BCUT2D eigenvalue weighted by molar-refractivity contribution is 5.86. The van der Waals surface area contributed by atoms with E-state index in [0.29, 0.717) is 13.2 Å². The van der Waals surface area contributed by atoms with E-state index in [0.717, 1.165) is 41.0 Å². The van der Waals surface area contributed by atoms with Crippen LogP contribution in [0.1, 0.15) is 42.1 Å². The van der Waals surface area contributed by atoms with Gasteiger partial charge in [0.05, 0.1) is 25.8 Å². The van der Waals surface area contributed by atoms with Gasteiger partial charge in [0.1, 0.15) is 23.3 Å². The summed E-state index contributed by atoms with van der Waals surface area (Å²) in [6, 6.07) is 22.6. The lowest BCUT2D eigenvalue weighted by Gasteiger charge is -2.31. The molecular formula is C29H33N3O4. The molecule has 2 fully saturated rings. The van der Waals surface area contributed by atoms with Crippen molar-refractivity contribution in [3.05, 3.63) is 89.5 Å². The highest BCUT2D eigenvalue weighted by atomic mass is 16.5. The summed E-state index contributed by atoms with van der Waals surface area (Å²) < 4.78 is 11.2. The summed E-state index contributed by atoms with van der Waals surface area (Å²) in [4.78, 5) is 15.7. The fourth-order valence-electron chi connectivity index (χ4n) is 5.42. The number of carbonyl (C=O) groups is 1. The van der Waals surface area contributed by atoms with Crippen molar-refractivity contribution < 1.29 is 19.4 Å². The Kier molecular flexibility index (Phi) is 7.11. The third kappa shape index (κ3) is 4.64. The normalized spacial score (nSPS) is 23.1. The van der Waals surface area contributed by atoms with Crippen molar-refractivity contribution in [2.24, 2.45) is 5.92 Å². The monoisotopic (exact) mass is 487 g/mol. The standard InChI is InChI=1S/C29H33N3O4/c1-3-17-36-22-8-6-7-20(18-22)28-25-26(23-9-4-5-10-24(23)33)30-31-27(25)29(34)32(28)16-15-19-11-13-21(35-2)14-12-19/h4-14,18,25-28,30-31,33H,3,15-17H2,1-2H3. The van der Waals surface area contributed by atoms with Crippen molar-refractivity contribution in [2.45, 2.75) is 37.9 Å². The molecule has 0 radical (unpaired) electrons. The van der Waals surface area contributed by atoms with Gasteiger partial charge in [-0.05, 0) is 54.3 Å². The van der Waals surface area contributed by atoms with Crippen LogP contribution in [-0.4, -0.2) is 42.2 Å². The minimum absolute atomic E-state index is 0.0591. The number of fused-ring (bicyclic) bond motifs is 1. The molecule has 7 nitrogen and oxygen atoms in total. The molecule has 5 rings (SSSR count). The number of nitrogens with zero attached hydrogens (tertiary/aromatic N) is 1. The molecule has 0 bridgehead atoms. The summed E-state index contributed by atoms with van der Waals surface area (Å²) in [5.41, 5.74) is 9.49. The number of ether oxygens (including phenoxy) is 2. The van der Waals surface area contributed by atoms with E-state index in [1.165, 1.54) is 0 Å². The zero-order chi connectivity index (χ0) is 25.1. The summed E-state index contributed by atoms with van der Waals surface area (Å²) in [6.45, 7) is 3.31. The molecule has 1 amide bonds. The fourth-order valence-corrected chi connectivity index (χ4v) is 5.42. The second-order valence-electron chi connectivity index (χ2n) is 9.38. The first-order valence-electron chi connectivity index (χ1n) is 12.6. The molecule has 36 heavy (non-hydrogen) atoms. The number of phenols is 1. The molecule has 2 aliphatic rings. The average molecular weight is 488 g/mol. The predicted molar refractivity (Wildman–Crippen MR) is 138 cm³/mol. The highest BCUT2D eigenvalue weighted by Gasteiger charge is 2.55. The molecule has 2 heterocycles. The Morgan fingerprint density at radius 2 is 1.72 bits per heavy atom. The lowest BCUT2D eigenvalue weighted by atomic mass is 9.83. The topological polar surface area (TPSA) is 83.1 Å². The highest BCUT2D eigenvalue weighted by Crippen LogP contribution is 2.48. The van der Waals surface area contributed by atoms with E-state index in [1.807, 2.05) is 59.5 Å². The van der Waals surface area contributed by atoms with E-state index in [2.05, 4.69) is 29.9 Å². The summed E-state index contributed by atoms with van der Waals surface area (Å²) in [5.74, 6) is 1.79. The third-order valence-electron chi connectivity index (χ3n) is 7.16. The zero-order valence-corrected chi connectivity index (χ0v) is 20.7. The van der Waals surface area contributed by atoms with Crippen LogP contribution in [0.4, 0.5) is 0 Å². The van der Waals surface area contributed by atoms with Crippen LogP contribution >= 0.6 is 0 Å². The molecule has 2 aliphatic heterocycles.